The number of hydrogen-bond donors (Lipinski definition) is 0. The topological polar surface area (TPSA) is 55.2 Å². The summed E-state index contributed by atoms with van der Waals surface area (Å²) >= 11 is 0. The summed E-state index contributed by atoms with van der Waals surface area (Å²) in [5.41, 5.74) is 1.46. The van der Waals surface area contributed by atoms with E-state index in [4.69, 9.17) is 0 Å². The zero-order chi connectivity index (χ0) is 15.2. The summed E-state index contributed by atoms with van der Waals surface area (Å²) < 4.78 is 27.4. The highest BCUT2D eigenvalue weighted by Gasteiger charge is 2.42. The van der Waals surface area contributed by atoms with Crippen LogP contribution in [0.1, 0.15) is 26.5 Å². The molecule has 0 spiro atoms. The maximum absolute atomic E-state index is 12.4. The van der Waals surface area contributed by atoms with E-state index in [0.29, 0.717) is 5.45 Å². The van der Waals surface area contributed by atoms with Crippen LogP contribution < -0.4 is 5.45 Å². The Morgan fingerprint density at radius 3 is 2.11 bits per heavy atom. The highest BCUT2D eigenvalue weighted by Crippen LogP contribution is 2.35. The molecule has 5 nitrogen and oxygen atoms in total. The Bertz CT molecular complexity index is 568. The third-order valence-corrected chi connectivity index (χ3v) is 11.0. The minimum absolute atomic E-state index is 0.0321. The number of nitrogens with zero attached hydrogens (tertiary/aromatic N) is 3. The van der Waals surface area contributed by atoms with Crippen molar-refractivity contribution in [3.8, 4) is 0 Å². The fraction of sp³-hybridized carbons (Fsp3) is 0.750. The van der Waals surface area contributed by atoms with Gasteiger partial charge in [0.15, 0.2) is 0 Å². The lowest BCUT2D eigenvalue weighted by molar-refractivity contribution is 0.511. The van der Waals surface area contributed by atoms with E-state index in [1.807, 2.05) is 6.92 Å². The summed E-state index contributed by atoms with van der Waals surface area (Å²) in [6.07, 6.45) is 1.62. The molecule has 0 N–H and O–H groups in total. The van der Waals surface area contributed by atoms with Gasteiger partial charge >= 0.3 is 10.2 Å². The van der Waals surface area contributed by atoms with Crippen LogP contribution in [-0.2, 0) is 10.2 Å². The second-order valence-corrected chi connectivity index (χ2v) is 13.9. The number of rotatable bonds is 3. The first-order valence-electron chi connectivity index (χ1n) is 6.31. The van der Waals surface area contributed by atoms with Gasteiger partial charge in [0.2, 0.25) is 0 Å². The highest BCUT2D eigenvalue weighted by atomic mass is 32.2. The second kappa shape index (κ2) is 4.71. The van der Waals surface area contributed by atoms with E-state index in [1.165, 1.54) is 8.28 Å². The predicted molar refractivity (Wildman–Crippen MR) is 81.8 cm³/mol. The Morgan fingerprint density at radius 1 is 1.26 bits per heavy atom. The molecule has 1 heterocycles. The molecule has 0 amide bonds. The molecule has 1 aromatic rings. The number of imidazole rings is 1. The van der Waals surface area contributed by atoms with Gasteiger partial charge < -0.3 is 0 Å². The van der Waals surface area contributed by atoms with Crippen molar-refractivity contribution in [3.05, 3.63) is 11.9 Å². The van der Waals surface area contributed by atoms with Crippen molar-refractivity contribution in [2.24, 2.45) is 0 Å². The molecule has 7 heteroatoms. The van der Waals surface area contributed by atoms with Gasteiger partial charge in [-0.2, -0.15) is 12.7 Å². The summed E-state index contributed by atoms with van der Waals surface area (Å²) in [6, 6.07) is 0. The van der Waals surface area contributed by atoms with Crippen LogP contribution in [0, 0.1) is 6.92 Å². The number of aromatic nitrogens is 2. The number of aryl methyl sites for hydroxylation is 1. The molecule has 110 valence electrons. The van der Waals surface area contributed by atoms with E-state index < -0.39 is 18.3 Å². The highest BCUT2D eigenvalue weighted by molar-refractivity contribution is 7.87. The van der Waals surface area contributed by atoms with Gasteiger partial charge in [0, 0.05) is 20.3 Å². The molecule has 0 saturated heterocycles. The third kappa shape index (κ3) is 2.77. The molecule has 0 aliphatic carbocycles. The van der Waals surface area contributed by atoms with Crippen LogP contribution in [0.5, 0.6) is 0 Å². The molecule has 0 aliphatic heterocycles. The van der Waals surface area contributed by atoms with Crippen LogP contribution >= 0.6 is 0 Å². The Kier molecular flexibility index (Phi) is 4.07. The lowest BCUT2D eigenvalue weighted by Crippen LogP contribution is -2.55. The van der Waals surface area contributed by atoms with Crippen LogP contribution in [0.3, 0.4) is 0 Å². The summed E-state index contributed by atoms with van der Waals surface area (Å²) in [5, 5.41) is 0.0321. The summed E-state index contributed by atoms with van der Waals surface area (Å²) in [6.45, 7) is 12.6. The minimum Gasteiger partial charge on any atom is -0.243 e. The first kappa shape index (κ1) is 16.4. The molecule has 0 aromatic carbocycles. The van der Waals surface area contributed by atoms with E-state index in [9.17, 15) is 8.42 Å². The van der Waals surface area contributed by atoms with Gasteiger partial charge in [0.1, 0.15) is 13.5 Å². The van der Waals surface area contributed by atoms with Crippen molar-refractivity contribution < 1.29 is 8.42 Å². The largest absolute Gasteiger partial charge is 0.308 e. The molecule has 1 rings (SSSR count). The van der Waals surface area contributed by atoms with E-state index in [1.54, 1.807) is 20.3 Å². The van der Waals surface area contributed by atoms with Crippen molar-refractivity contribution in [1.29, 1.82) is 0 Å². The van der Waals surface area contributed by atoms with E-state index >= 15 is 0 Å². The molecule has 0 radical (unpaired) electrons. The summed E-state index contributed by atoms with van der Waals surface area (Å²) in [4.78, 5) is 4.52. The first-order valence-corrected chi connectivity index (χ1v) is 10.7. The maximum Gasteiger partial charge on any atom is 0.308 e. The smallest absolute Gasteiger partial charge is 0.243 e. The van der Waals surface area contributed by atoms with Gasteiger partial charge in [-0.15, -0.1) is 0 Å². The van der Waals surface area contributed by atoms with Gasteiger partial charge in [-0.25, -0.2) is 8.96 Å². The lowest BCUT2D eigenvalue weighted by atomic mass is 10.2. The number of hydrogen-bond acceptors (Lipinski definition) is 3. The lowest BCUT2D eigenvalue weighted by Gasteiger charge is -2.36. The molecule has 0 saturated carbocycles. The van der Waals surface area contributed by atoms with Crippen LogP contribution in [0.25, 0.3) is 0 Å². The molecule has 0 atom stereocenters. The van der Waals surface area contributed by atoms with Crippen molar-refractivity contribution in [2.45, 2.75) is 45.8 Å². The second-order valence-electron chi connectivity index (χ2n) is 6.67. The van der Waals surface area contributed by atoms with Crippen LogP contribution in [-0.4, -0.2) is 43.8 Å². The summed E-state index contributed by atoms with van der Waals surface area (Å²) in [5.74, 6) is 0. The Balaban J connectivity index is 3.58. The molecule has 0 aliphatic rings. The zero-order valence-electron chi connectivity index (χ0n) is 13.1. The fourth-order valence-electron chi connectivity index (χ4n) is 1.58. The first-order chi connectivity index (χ1) is 8.31. The SMILES string of the molecule is Cc1cn(S(=O)(=O)N(C)C)c([Si](C)(C)C(C)(C)C)n1. The quantitative estimate of drug-likeness (QED) is 0.796. The van der Waals surface area contributed by atoms with Gasteiger partial charge in [-0.1, -0.05) is 33.9 Å². The van der Waals surface area contributed by atoms with Crippen LogP contribution in [0.2, 0.25) is 18.1 Å². The van der Waals surface area contributed by atoms with Crippen LogP contribution in [0.15, 0.2) is 6.20 Å². The molecular weight excluding hydrogens is 278 g/mol. The maximum atomic E-state index is 12.4. The zero-order valence-corrected chi connectivity index (χ0v) is 15.0. The average Bonchev–Trinajstić information content (AvgIpc) is 2.59. The van der Waals surface area contributed by atoms with Crippen molar-refractivity contribution >= 4 is 23.7 Å². The molecular formula is C12H25N3O2SSi. The molecule has 0 bridgehead atoms. The van der Waals surface area contributed by atoms with Gasteiger partial charge in [-0.05, 0) is 12.0 Å². The van der Waals surface area contributed by atoms with E-state index in [0.717, 1.165) is 5.69 Å². The Hall–Kier alpha value is -0.663. The van der Waals surface area contributed by atoms with Gasteiger partial charge in [0.05, 0.1) is 5.69 Å². The van der Waals surface area contributed by atoms with E-state index in [2.05, 4.69) is 38.8 Å². The Labute approximate surface area is 117 Å². The van der Waals surface area contributed by atoms with Crippen molar-refractivity contribution in [2.75, 3.05) is 14.1 Å². The Morgan fingerprint density at radius 2 is 1.74 bits per heavy atom. The van der Waals surface area contributed by atoms with Crippen molar-refractivity contribution in [3.63, 3.8) is 0 Å². The molecule has 19 heavy (non-hydrogen) atoms. The molecule has 1 aromatic heterocycles. The third-order valence-electron chi connectivity index (χ3n) is 3.94. The standard InChI is InChI=1S/C12H25N3O2SSi/c1-10-9-15(18(16,17)14(5)6)11(13-10)19(7,8)12(2,3)4/h9H,1-8H3. The average molecular weight is 304 g/mol. The minimum atomic E-state index is -3.51. The monoisotopic (exact) mass is 303 g/mol. The van der Waals surface area contributed by atoms with Gasteiger partial charge in [0.25, 0.3) is 0 Å². The molecule has 0 fully saturated rings. The van der Waals surface area contributed by atoms with Crippen molar-refractivity contribution in [1.82, 2.24) is 13.3 Å². The fourth-order valence-corrected chi connectivity index (χ4v) is 5.25. The van der Waals surface area contributed by atoms with E-state index in [-0.39, 0.29) is 5.04 Å². The van der Waals surface area contributed by atoms with Gasteiger partial charge in [-0.3, -0.25) is 0 Å². The normalized spacial score (nSPS) is 14.2. The molecule has 0 unspecified atom stereocenters. The van der Waals surface area contributed by atoms with Crippen LogP contribution in [0.4, 0.5) is 0 Å². The predicted octanol–water partition coefficient (Wildman–Crippen LogP) is 1.56. The summed E-state index contributed by atoms with van der Waals surface area (Å²) in [7, 11) is -2.44.